The van der Waals surface area contributed by atoms with Gasteiger partial charge in [0.1, 0.15) is 5.82 Å². The smallest absolute Gasteiger partial charge is 0.331 e. The van der Waals surface area contributed by atoms with Gasteiger partial charge in [0.2, 0.25) is 13.6 Å². The van der Waals surface area contributed by atoms with Crippen LogP contribution in [0.1, 0.15) is 55.6 Å². The molecule has 0 amide bonds. The third-order valence-corrected chi connectivity index (χ3v) is 7.90. The van der Waals surface area contributed by atoms with Crippen LogP contribution >= 0.6 is 0 Å². The second-order valence-electron chi connectivity index (χ2n) is 11.0. The Kier molecular flexibility index (Phi) is 8.84. The summed E-state index contributed by atoms with van der Waals surface area (Å²) in [7, 11) is 0. The molecular formula is C35H37N3O6. The number of carboxylic acid groups (broad SMARTS) is 1. The number of aromatic nitrogens is 2. The first-order chi connectivity index (χ1) is 21.5. The van der Waals surface area contributed by atoms with Crippen LogP contribution in [0.15, 0.2) is 72.3 Å². The zero-order valence-corrected chi connectivity index (χ0v) is 25.1. The normalized spacial score (nSPS) is 13.6. The van der Waals surface area contributed by atoms with E-state index in [1.54, 1.807) is 6.08 Å². The molecule has 0 aliphatic carbocycles. The maximum atomic E-state index is 12.1. The molecule has 0 fully saturated rings. The van der Waals surface area contributed by atoms with Gasteiger partial charge in [0, 0.05) is 37.3 Å². The lowest BCUT2D eigenvalue weighted by Gasteiger charge is -2.24. The Bertz CT molecular complexity index is 1600. The molecule has 9 heteroatoms. The van der Waals surface area contributed by atoms with E-state index >= 15 is 0 Å². The van der Waals surface area contributed by atoms with Crippen molar-refractivity contribution in [3.8, 4) is 34.4 Å². The van der Waals surface area contributed by atoms with Gasteiger partial charge in [-0.15, -0.1) is 0 Å². The maximum Gasteiger partial charge on any atom is 0.331 e. The Morgan fingerprint density at radius 3 is 2.05 bits per heavy atom. The van der Waals surface area contributed by atoms with Gasteiger partial charge < -0.3 is 28.6 Å². The van der Waals surface area contributed by atoms with Gasteiger partial charge in [0.05, 0.1) is 11.4 Å². The summed E-state index contributed by atoms with van der Waals surface area (Å²) in [4.78, 5) is 19.5. The molecule has 2 aliphatic heterocycles. The van der Waals surface area contributed by atoms with Gasteiger partial charge in [-0.05, 0) is 54.3 Å². The van der Waals surface area contributed by atoms with E-state index in [2.05, 4.69) is 40.7 Å². The lowest BCUT2D eigenvalue weighted by Crippen LogP contribution is -2.25. The van der Waals surface area contributed by atoms with E-state index in [1.165, 1.54) is 0 Å². The van der Waals surface area contributed by atoms with Crippen LogP contribution in [0.3, 0.4) is 0 Å². The lowest BCUT2D eigenvalue weighted by molar-refractivity contribution is -0.132. The number of hydrogen-bond acceptors (Lipinski definition) is 7. The molecular weight excluding hydrogens is 558 g/mol. The molecule has 1 N–H and O–H groups in total. The van der Waals surface area contributed by atoms with Crippen LogP contribution in [-0.4, -0.2) is 39.1 Å². The number of unbranched alkanes of at least 4 members (excludes halogenated alkanes) is 1. The zero-order valence-electron chi connectivity index (χ0n) is 25.1. The minimum absolute atomic E-state index is 0.220. The average molecular weight is 596 g/mol. The van der Waals surface area contributed by atoms with E-state index in [1.807, 2.05) is 49.4 Å². The summed E-state index contributed by atoms with van der Waals surface area (Å²) in [5.41, 5.74) is 5.14. The van der Waals surface area contributed by atoms with E-state index in [9.17, 15) is 9.90 Å². The van der Waals surface area contributed by atoms with Gasteiger partial charge in [0.25, 0.3) is 0 Å². The Morgan fingerprint density at radius 1 is 0.864 bits per heavy atom. The summed E-state index contributed by atoms with van der Waals surface area (Å²) in [6, 6.07) is 22.2. The standard InChI is InChI=1S/C35H37N3O6/c1-3-5-15-38-29(28(18-26(4-2)35(39)40)36-34(38)27-9-7-6-8-10-27)21-37(19-24-11-13-30-32(16-24)43-22-41-30)20-25-12-14-31-33(17-25)44-23-42-31/h6-14,16-18H,3-5,15,19-23H2,1-2H3,(H,39,40). The number of ether oxygens (including phenoxy) is 4. The van der Waals surface area contributed by atoms with Crippen LogP contribution in [0.5, 0.6) is 23.0 Å². The highest BCUT2D eigenvalue weighted by molar-refractivity contribution is 5.92. The van der Waals surface area contributed by atoms with Crippen molar-refractivity contribution in [2.45, 2.75) is 59.3 Å². The molecule has 6 rings (SSSR count). The number of rotatable bonds is 13. The fourth-order valence-corrected chi connectivity index (χ4v) is 5.61. The molecule has 3 heterocycles. The topological polar surface area (TPSA) is 95.3 Å². The number of carbonyl (C=O) groups is 1. The molecule has 0 spiro atoms. The molecule has 228 valence electrons. The first kappa shape index (κ1) is 29.3. The predicted octanol–water partition coefficient (Wildman–Crippen LogP) is 6.89. The number of fused-ring (bicyclic) bond motifs is 2. The van der Waals surface area contributed by atoms with Gasteiger partial charge >= 0.3 is 5.97 Å². The molecule has 0 radical (unpaired) electrons. The summed E-state index contributed by atoms with van der Waals surface area (Å²) in [6.07, 6.45) is 4.13. The van der Waals surface area contributed by atoms with Crippen LogP contribution < -0.4 is 18.9 Å². The van der Waals surface area contributed by atoms with E-state index in [0.717, 1.165) is 70.6 Å². The van der Waals surface area contributed by atoms with Crippen LogP contribution in [-0.2, 0) is 31.0 Å². The summed E-state index contributed by atoms with van der Waals surface area (Å²) in [6.45, 7) is 7.01. The van der Waals surface area contributed by atoms with E-state index in [4.69, 9.17) is 23.9 Å². The molecule has 0 bridgehead atoms. The number of hydrogen-bond donors (Lipinski definition) is 1. The van der Waals surface area contributed by atoms with Crippen molar-refractivity contribution in [1.82, 2.24) is 14.5 Å². The van der Waals surface area contributed by atoms with Gasteiger partial charge in [0.15, 0.2) is 23.0 Å². The summed E-state index contributed by atoms with van der Waals surface area (Å²) in [5, 5.41) is 9.93. The number of nitrogens with zero attached hydrogens (tertiary/aromatic N) is 3. The molecule has 3 aromatic carbocycles. The van der Waals surface area contributed by atoms with Crippen molar-refractivity contribution in [3.63, 3.8) is 0 Å². The van der Waals surface area contributed by atoms with Gasteiger partial charge in [-0.3, -0.25) is 4.90 Å². The second kappa shape index (κ2) is 13.3. The highest BCUT2D eigenvalue weighted by Crippen LogP contribution is 2.35. The molecule has 1 aromatic heterocycles. The Labute approximate surface area is 257 Å². The largest absolute Gasteiger partial charge is 0.478 e. The predicted molar refractivity (Wildman–Crippen MR) is 167 cm³/mol. The molecule has 44 heavy (non-hydrogen) atoms. The zero-order chi connectivity index (χ0) is 30.5. The van der Waals surface area contributed by atoms with Crippen molar-refractivity contribution < 1.29 is 28.8 Å². The van der Waals surface area contributed by atoms with Gasteiger partial charge in [-0.2, -0.15) is 0 Å². The van der Waals surface area contributed by atoms with Crippen molar-refractivity contribution in [1.29, 1.82) is 0 Å². The Balaban J connectivity index is 1.43. The lowest BCUT2D eigenvalue weighted by atomic mass is 10.1. The Morgan fingerprint density at radius 2 is 1.48 bits per heavy atom. The SMILES string of the molecule is CCCCn1c(-c2ccccc2)nc(C=C(CC)C(=O)O)c1CN(Cc1ccc2c(c1)OCO2)Cc1ccc2c(c1)OCO2. The fourth-order valence-electron chi connectivity index (χ4n) is 5.61. The third kappa shape index (κ3) is 6.43. The quantitative estimate of drug-likeness (QED) is 0.167. The van der Waals surface area contributed by atoms with Crippen LogP contribution in [0.4, 0.5) is 0 Å². The molecule has 4 aromatic rings. The number of carboxylic acids is 1. The molecule has 0 atom stereocenters. The highest BCUT2D eigenvalue weighted by atomic mass is 16.7. The van der Waals surface area contributed by atoms with E-state index < -0.39 is 5.97 Å². The molecule has 0 saturated carbocycles. The van der Waals surface area contributed by atoms with Crippen molar-refractivity contribution in [2.75, 3.05) is 13.6 Å². The summed E-state index contributed by atoms with van der Waals surface area (Å²) < 4.78 is 24.7. The maximum absolute atomic E-state index is 12.1. The molecule has 9 nitrogen and oxygen atoms in total. The highest BCUT2D eigenvalue weighted by Gasteiger charge is 2.23. The third-order valence-electron chi connectivity index (χ3n) is 7.90. The summed E-state index contributed by atoms with van der Waals surface area (Å²) >= 11 is 0. The first-order valence-electron chi connectivity index (χ1n) is 15.1. The second-order valence-corrected chi connectivity index (χ2v) is 11.0. The molecule has 2 aliphatic rings. The van der Waals surface area contributed by atoms with Crippen molar-refractivity contribution >= 4 is 12.0 Å². The van der Waals surface area contributed by atoms with Crippen molar-refractivity contribution in [2.24, 2.45) is 0 Å². The van der Waals surface area contributed by atoms with Crippen LogP contribution in [0.2, 0.25) is 0 Å². The van der Waals surface area contributed by atoms with E-state index in [-0.39, 0.29) is 13.6 Å². The van der Waals surface area contributed by atoms with E-state index in [0.29, 0.717) is 37.3 Å². The van der Waals surface area contributed by atoms with Crippen LogP contribution in [0.25, 0.3) is 17.5 Å². The Hall–Kier alpha value is -4.76. The number of benzene rings is 3. The van der Waals surface area contributed by atoms with Crippen molar-refractivity contribution in [3.05, 3.63) is 94.8 Å². The monoisotopic (exact) mass is 595 g/mol. The van der Waals surface area contributed by atoms with Gasteiger partial charge in [-0.25, -0.2) is 9.78 Å². The van der Waals surface area contributed by atoms with Gasteiger partial charge in [-0.1, -0.05) is 62.7 Å². The molecule has 0 unspecified atom stereocenters. The first-order valence-corrected chi connectivity index (χ1v) is 15.1. The fraction of sp³-hybridized carbons (Fsp3) is 0.314. The minimum Gasteiger partial charge on any atom is -0.478 e. The van der Waals surface area contributed by atoms with Crippen LogP contribution in [0, 0.1) is 0 Å². The number of imidazole rings is 1. The summed E-state index contributed by atoms with van der Waals surface area (Å²) in [5.74, 6) is 2.88. The molecule has 0 saturated heterocycles. The average Bonchev–Trinajstić information content (AvgIpc) is 3.78. The number of aliphatic carboxylic acids is 1. The minimum atomic E-state index is -0.930.